The monoisotopic (exact) mass is 251 g/mol. The lowest BCUT2D eigenvalue weighted by molar-refractivity contribution is 0.0897. The molecule has 1 aromatic rings. The van der Waals surface area contributed by atoms with E-state index in [9.17, 15) is 0 Å². The van der Waals surface area contributed by atoms with Crippen LogP contribution < -0.4 is 5.32 Å². The summed E-state index contributed by atoms with van der Waals surface area (Å²) in [7, 11) is 0. The molecule has 0 bridgehead atoms. The predicted octanol–water partition coefficient (Wildman–Crippen LogP) is 1.64. The molecule has 5 nitrogen and oxygen atoms in total. The van der Waals surface area contributed by atoms with Crippen molar-refractivity contribution >= 4 is 5.82 Å². The molecule has 2 rings (SSSR count). The lowest BCUT2D eigenvalue weighted by Gasteiger charge is -2.09. The summed E-state index contributed by atoms with van der Waals surface area (Å²) < 4.78 is 10.9. The molecule has 0 aromatic carbocycles. The summed E-state index contributed by atoms with van der Waals surface area (Å²) in [5, 5.41) is 3.26. The van der Waals surface area contributed by atoms with Crippen molar-refractivity contribution in [1.29, 1.82) is 0 Å². The van der Waals surface area contributed by atoms with Gasteiger partial charge in [0.25, 0.3) is 0 Å². The van der Waals surface area contributed by atoms with Crippen LogP contribution in [0.3, 0.4) is 0 Å². The molecule has 1 N–H and O–H groups in total. The van der Waals surface area contributed by atoms with Crippen LogP contribution in [0.5, 0.6) is 0 Å². The molecule has 0 amide bonds. The third kappa shape index (κ3) is 4.58. The molecule has 100 valence electrons. The number of nitrogens with zero attached hydrogens (tertiary/aromatic N) is 2. The summed E-state index contributed by atoms with van der Waals surface area (Å²) in [4.78, 5) is 8.19. The van der Waals surface area contributed by atoms with Crippen molar-refractivity contribution in [1.82, 2.24) is 9.97 Å². The third-order valence-electron chi connectivity index (χ3n) is 2.95. The minimum atomic E-state index is 0.600. The summed E-state index contributed by atoms with van der Waals surface area (Å²) in [5.41, 5.74) is 0.977. The molecule has 2 heterocycles. The summed E-state index contributed by atoms with van der Waals surface area (Å²) >= 11 is 0. The minimum absolute atomic E-state index is 0.600. The Bertz CT molecular complexity index is 354. The van der Waals surface area contributed by atoms with Crippen LogP contribution in [0, 0.1) is 12.8 Å². The topological polar surface area (TPSA) is 56.3 Å². The molecule has 1 aromatic heterocycles. The Morgan fingerprint density at radius 2 is 2.44 bits per heavy atom. The second kappa shape index (κ2) is 7.28. The average molecular weight is 251 g/mol. The maximum atomic E-state index is 5.63. The largest absolute Gasteiger partial charge is 0.381 e. The second-order valence-corrected chi connectivity index (χ2v) is 4.63. The Hall–Kier alpha value is -1.20. The van der Waals surface area contributed by atoms with Gasteiger partial charge in [0.15, 0.2) is 0 Å². The van der Waals surface area contributed by atoms with Crippen molar-refractivity contribution in [2.75, 3.05) is 38.3 Å². The molecule has 1 aliphatic rings. The van der Waals surface area contributed by atoms with Crippen molar-refractivity contribution in [3.05, 3.63) is 18.1 Å². The van der Waals surface area contributed by atoms with Gasteiger partial charge in [0, 0.05) is 37.4 Å². The average Bonchev–Trinajstić information content (AvgIpc) is 2.87. The molecule has 0 spiro atoms. The Labute approximate surface area is 108 Å². The van der Waals surface area contributed by atoms with Crippen molar-refractivity contribution in [3.63, 3.8) is 0 Å². The lowest BCUT2D eigenvalue weighted by Crippen LogP contribution is -2.12. The molecular formula is C13H21N3O2. The van der Waals surface area contributed by atoms with Gasteiger partial charge in [-0.1, -0.05) is 0 Å². The Kier molecular flexibility index (Phi) is 5.36. The molecule has 0 radical (unpaired) electrons. The zero-order valence-electron chi connectivity index (χ0n) is 10.9. The van der Waals surface area contributed by atoms with E-state index < -0.39 is 0 Å². The molecule has 1 atom stereocenters. The highest BCUT2D eigenvalue weighted by Gasteiger charge is 2.14. The smallest absolute Gasteiger partial charge is 0.129 e. The fourth-order valence-electron chi connectivity index (χ4n) is 1.91. The quantitative estimate of drug-likeness (QED) is 0.747. The SMILES string of the molecule is Cc1cc(NCCCOCC2CCOC2)ncn1. The number of aryl methyl sites for hydroxylation is 1. The van der Waals surface area contributed by atoms with Crippen molar-refractivity contribution in [2.45, 2.75) is 19.8 Å². The molecule has 0 aliphatic carbocycles. The van der Waals surface area contributed by atoms with Gasteiger partial charge < -0.3 is 14.8 Å². The number of rotatable bonds is 7. The molecule has 1 aliphatic heterocycles. The number of hydrogen-bond donors (Lipinski definition) is 1. The Morgan fingerprint density at radius 3 is 3.22 bits per heavy atom. The molecular weight excluding hydrogens is 230 g/mol. The van der Waals surface area contributed by atoms with Gasteiger partial charge in [-0.3, -0.25) is 0 Å². The van der Waals surface area contributed by atoms with Crippen LogP contribution in [0.25, 0.3) is 0 Å². The summed E-state index contributed by atoms with van der Waals surface area (Å²) in [6, 6.07) is 1.94. The van der Waals surface area contributed by atoms with E-state index in [0.717, 1.165) is 57.3 Å². The molecule has 1 saturated heterocycles. The number of ether oxygens (including phenoxy) is 2. The fourth-order valence-corrected chi connectivity index (χ4v) is 1.91. The second-order valence-electron chi connectivity index (χ2n) is 4.63. The van der Waals surface area contributed by atoms with Crippen molar-refractivity contribution in [2.24, 2.45) is 5.92 Å². The summed E-state index contributed by atoms with van der Waals surface area (Å²) in [6.45, 7) is 6.19. The van der Waals surface area contributed by atoms with Gasteiger partial charge >= 0.3 is 0 Å². The van der Waals surface area contributed by atoms with Crippen LogP contribution in [0.4, 0.5) is 5.82 Å². The maximum absolute atomic E-state index is 5.63. The molecule has 5 heteroatoms. The number of hydrogen-bond acceptors (Lipinski definition) is 5. The van der Waals surface area contributed by atoms with Crippen molar-refractivity contribution in [3.8, 4) is 0 Å². The Morgan fingerprint density at radius 1 is 1.50 bits per heavy atom. The van der Waals surface area contributed by atoms with Gasteiger partial charge in [0.2, 0.25) is 0 Å². The van der Waals surface area contributed by atoms with Gasteiger partial charge in [-0.25, -0.2) is 9.97 Å². The van der Waals surface area contributed by atoms with Crippen LogP contribution in [0.15, 0.2) is 12.4 Å². The van der Waals surface area contributed by atoms with Crippen LogP contribution >= 0.6 is 0 Å². The molecule has 1 unspecified atom stereocenters. The highest BCUT2D eigenvalue weighted by Crippen LogP contribution is 2.12. The van der Waals surface area contributed by atoms with Gasteiger partial charge in [0.05, 0.1) is 13.2 Å². The Balaban J connectivity index is 1.50. The predicted molar refractivity (Wildman–Crippen MR) is 69.6 cm³/mol. The zero-order valence-corrected chi connectivity index (χ0v) is 10.9. The molecule has 0 saturated carbocycles. The lowest BCUT2D eigenvalue weighted by atomic mass is 10.1. The van der Waals surface area contributed by atoms with E-state index in [2.05, 4.69) is 15.3 Å². The third-order valence-corrected chi connectivity index (χ3v) is 2.95. The molecule has 1 fully saturated rings. The highest BCUT2D eigenvalue weighted by molar-refractivity contribution is 5.33. The summed E-state index contributed by atoms with van der Waals surface area (Å²) in [6.07, 6.45) is 3.70. The standard InChI is InChI=1S/C13H21N3O2/c1-11-7-13(16-10-15-11)14-4-2-5-17-8-12-3-6-18-9-12/h7,10,12H,2-6,8-9H2,1H3,(H,14,15,16). The van der Waals surface area contributed by atoms with E-state index in [1.807, 2.05) is 13.0 Å². The van der Waals surface area contributed by atoms with Gasteiger partial charge in [0.1, 0.15) is 12.1 Å². The first-order chi connectivity index (χ1) is 8.84. The van der Waals surface area contributed by atoms with E-state index in [1.54, 1.807) is 6.33 Å². The molecule has 18 heavy (non-hydrogen) atoms. The first kappa shape index (κ1) is 13.2. The fraction of sp³-hybridized carbons (Fsp3) is 0.692. The van der Waals surface area contributed by atoms with Gasteiger partial charge in [-0.15, -0.1) is 0 Å². The normalized spacial score (nSPS) is 19.1. The summed E-state index contributed by atoms with van der Waals surface area (Å²) in [5.74, 6) is 1.48. The zero-order chi connectivity index (χ0) is 12.6. The van der Waals surface area contributed by atoms with Crippen LogP contribution in [-0.2, 0) is 9.47 Å². The van der Waals surface area contributed by atoms with Crippen molar-refractivity contribution < 1.29 is 9.47 Å². The van der Waals surface area contributed by atoms with Gasteiger partial charge in [-0.05, 0) is 19.8 Å². The van der Waals surface area contributed by atoms with E-state index >= 15 is 0 Å². The number of nitrogens with one attached hydrogen (secondary N) is 1. The number of anilines is 1. The van der Waals surface area contributed by atoms with Crippen LogP contribution in [0.1, 0.15) is 18.5 Å². The van der Waals surface area contributed by atoms with Gasteiger partial charge in [-0.2, -0.15) is 0 Å². The van der Waals surface area contributed by atoms with E-state index in [1.165, 1.54) is 0 Å². The highest BCUT2D eigenvalue weighted by atomic mass is 16.5. The van der Waals surface area contributed by atoms with Crippen LogP contribution in [-0.4, -0.2) is 42.9 Å². The maximum Gasteiger partial charge on any atom is 0.129 e. The van der Waals surface area contributed by atoms with E-state index in [-0.39, 0.29) is 0 Å². The number of aromatic nitrogens is 2. The minimum Gasteiger partial charge on any atom is -0.381 e. The van der Waals surface area contributed by atoms with E-state index in [0.29, 0.717) is 5.92 Å². The first-order valence-electron chi connectivity index (χ1n) is 6.52. The first-order valence-corrected chi connectivity index (χ1v) is 6.52. The van der Waals surface area contributed by atoms with E-state index in [4.69, 9.17) is 9.47 Å². The van der Waals surface area contributed by atoms with Crippen LogP contribution in [0.2, 0.25) is 0 Å².